The molecule has 0 unspecified atom stereocenters. The van der Waals surface area contributed by atoms with Gasteiger partial charge in [-0.25, -0.2) is 0 Å². The summed E-state index contributed by atoms with van der Waals surface area (Å²) in [6.07, 6.45) is 3.85. The van der Waals surface area contributed by atoms with Crippen molar-refractivity contribution in [2.45, 2.75) is 32.2 Å². The lowest BCUT2D eigenvalue weighted by atomic mass is 10.1. The number of nitrogens with zero attached hydrogens (tertiary/aromatic N) is 3. The second-order valence-electron chi connectivity index (χ2n) is 8.94. The number of hydrogen-bond donors (Lipinski definition) is 1. The first kappa shape index (κ1) is 23.9. The van der Waals surface area contributed by atoms with E-state index in [9.17, 15) is 4.79 Å². The van der Waals surface area contributed by atoms with Crippen LogP contribution in [0.1, 0.15) is 26.2 Å². The minimum atomic E-state index is -0.153. The van der Waals surface area contributed by atoms with Crippen molar-refractivity contribution in [1.82, 2.24) is 9.80 Å². The van der Waals surface area contributed by atoms with Crippen molar-refractivity contribution >= 4 is 28.9 Å². The molecule has 2 heterocycles. The predicted molar refractivity (Wildman–Crippen MR) is 136 cm³/mol. The summed E-state index contributed by atoms with van der Waals surface area (Å²) in [4.78, 5) is 19.9. The lowest BCUT2D eigenvalue weighted by Gasteiger charge is -2.37. The first-order chi connectivity index (χ1) is 16.1. The Bertz CT molecular complexity index is 876. The van der Waals surface area contributed by atoms with Crippen LogP contribution >= 0.6 is 11.6 Å². The van der Waals surface area contributed by atoms with Gasteiger partial charge in [-0.2, -0.15) is 0 Å². The molecule has 1 amide bonds. The van der Waals surface area contributed by atoms with E-state index >= 15 is 0 Å². The third-order valence-electron chi connectivity index (χ3n) is 6.68. The van der Waals surface area contributed by atoms with Gasteiger partial charge in [0.2, 0.25) is 5.91 Å². The number of carbonyl (C=O) groups is 1. The van der Waals surface area contributed by atoms with Crippen LogP contribution in [-0.4, -0.2) is 74.2 Å². The Morgan fingerprint density at radius 2 is 1.61 bits per heavy atom. The van der Waals surface area contributed by atoms with Crippen molar-refractivity contribution in [3.8, 4) is 5.75 Å². The molecular formula is C26H35ClN4O2. The number of ether oxygens (including phenoxy) is 1. The first-order valence-electron chi connectivity index (χ1n) is 12.1. The third kappa shape index (κ3) is 6.85. The molecule has 0 aromatic heterocycles. The number of carbonyl (C=O) groups excluding carboxylic acids is 1. The first-order valence-corrected chi connectivity index (χ1v) is 12.5. The normalized spacial score (nSPS) is 18.7. The minimum absolute atomic E-state index is 0.0558. The highest BCUT2D eigenvalue weighted by molar-refractivity contribution is 6.30. The summed E-state index contributed by atoms with van der Waals surface area (Å²) >= 11 is 5.91. The number of hydrogen-bond acceptors (Lipinski definition) is 5. The fraction of sp³-hybridized carbons (Fsp3) is 0.500. The number of benzene rings is 2. The Balaban J connectivity index is 1.17. The van der Waals surface area contributed by atoms with Crippen LogP contribution in [0.3, 0.4) is 0 Å². The van der Waals surface area contributed by atoms with Gasteiger partial charge in [-0.15, -0.1) is 0 Å². The highest BCUT2D eigenvalue weighted by atomic mass is 35.5. The van der Waals surface area contributed by atoms with Crippen molar-refractivity contribution in [2.24, 2.45) is 0 Å². The van der Waals surface area contributed by atoms with Crippen LogP contribution in [-0.2, 0) is 4.79 Å². The quantitative estimate of drug-likeness (QED) is 0.621. The minimum Gasteiger partial charge on any atom is -0.492 e. The van der Waals surface area contributed by atoms with Crippen LogP contribution in [0, 0.1) is 0 Å². The number of halogens is 1. The molecule has 0 aliphatic carbocycles. The molecule has 33 heavy (non-hydrogen) atoms. The molecule has 7 heteroatoms. The van der Waals surface area contributed by atoms with Gasteiger partial charge in [-0.3, -0.25) is 14.6 Å². The number of anilines is 2. The second kappa shape index (κ2) is 11.7. The van der Waals surface area contributed by atoms with E-state index in [1.807, 2.05) is 43.3 Å². The number of nitrogens with one attached hydrogen (secondary N) is 1. The summed E-state index contributed by atoms with van der Waals surface area (Å²) in [6, 6.07) is 15.6. The standard InChI is InChI=1S/C26H35ClN4O2/c1-21(26(32)28-23-7-9-24(10-8-23)31-13-3-2-4-14-31)30-17-15-29(16-18-30)19-20-33-25-11-5-22(27)6-12-25/h5-12,21H,2-4,13-20H2,1H3,(H,28,32)/t21-/m1/s1. The van der Waals surface area contributed by atoms with Crippen molar-refractivity contribution in [2.75, 3.05) is 62.6 Å². The maximum atomic E-state index is 12.8. The molecule has 0 saturated carbocycles. The van der Waals surface area contributed by atoms with Gasteiger partial charge in [0, 0.05) is 62.2 Å². The summed E-state index contributed by atoms with van der Waals surface area (Å²) in [6.45, 7) is 9.40. The van der Waals surface area contributed by atoms with Crippen LogP contribution in [0.5, 0.6) is 5.75 Å². The van der Waals surface area contributed by atoms with Crippen LogP contribution in [0.15, 0.2) is 48.5 Å². The molecule has 4 rings (SSSR count). The summed E-state index contributed by atoms with van der Waals surface area (Å²) in [5.74, 6) is 0.896. The van der Waals surface area contributed by atoms with E-state index in [2.05, 4.69) is 32.1 Å². The molecule has 0 radical (unpaired) electrons. The maximum Gasteiger partial charge on any atom is 0.241 e. The van der Waals surface area contributed by atoms with E-state index in [0.29, 0.717) is 11.6 Å². The van der Waals surface area contributed by atoms with Crippen molar-refractivity contribution in [3.63, 3.8) is 0 Å². The molecule has 2 aromatic carbocycles. The van der Waals surface area contributed by atoms with E-state index in [4.69, 9.17) is 16.3 Å². The average molecular weight is 471 g/mol. The fourth-order valence-corrected chi connectivity index (χ4v) is 4.64. The Kier molecular flexibility index (Phi) is 8.48. The van der Waals surface area contributed by atoms with Gasteiger partial charge in [0.1, 0.15) is 12.4 Å². The summed E-state index contributed by atoms with van der Waals surface area (Å²) in [5.41, 5.74) is 2.11. The zero-order chi connectivity index (χ0) is 23.0. The highest BCUT2D eigenvalue weighted by Gasteiger charge is 2.25. The fourth-order valence-electron chi connectivity index (χ4n) is 4.52. The molecule has 1 N–H and O–H groups in total. The van der Waals surface area contributed by atoms with E-state index < -0.39 is 0 Å². The molecule has 178 valence electrons. The number of amides is 1. The molecule has 1 atom stereocenters. The lowest BCUT2D eigenvalue weighted by molar-refractivity contribution is -0.121. The molecule has 0 spiro atoms. The third-order valence-corrected chi connectivity index (χ3v) is 6.93. The van der Waals surface area contributed by atoms with Gasteiger partial charge in [-0.05, 0) is 74.7 Å². The molecule has 0 bridgehead atoms. The second-order valence-corrected chi connectivity index (χ2v) is 9.38. The molecule has 2 aromatic rings. The SMILES string of the molecule is C[C@H](C(=O)Nc1ccc(N2CCCCC2)cc1)N1CCN(CCOc2ccc(Cl)cc2)CC1. The average Bonchev–Trinajstić information content (AvgIpc) is 2.86. The zero-order valence-corrected chi connectivity index (χ0v) is 20.3. The van der Waals surface area contributed by atoms with Crippen LogP contribution in [0.2, 0.25) is 5.02 Å². The largest absolute Gasteiger partial charge is 0.492 e. The molecule has 6 nitrogen and oxygen atoms in total. The summed E-state index contributed by atoms with van der Waals surface area (Å²) in [5, 5.41) is 3.81. The Morgan fingerprint density at radius 1 is 0.939 bits per heavy atom. The maximum absolute atomic E-state index is 12.8. The monoisotopic (exact) mass is 470 g/mol. The van der Waals surface area contributed by atoms with Crippen LogP contribution < -0.4 is 15.0 Å². The van der Waals surface area contributed by atoms with Crippen molar-refractivity contribution in [1.29, 1.82) is 0 Å². The van der Waals surface area contributed by atoms with Gasteiger partial charge in [0.05, 0.1) is 6.04 Å². The molecule has 2 saturated heterocycles. The van der Waals surface area contributed by atoms with Crippen molar-refractivity contribution < 1.29 is 9.53 Å². The van der Waals surface area contributed by atoms with Gasteiger partial charge in [-0.1, -0.05) is 11.6 Å². The number of rotatable bonds is 8. The number of piperidine rings is 1. The highest BCUT2D eigenvalue weighted by Crippen LogP contribution is 2.22. The van der Waals surface area contributed by atoms with Crippen LogP contribution in [0.25, 0.3) is 0 Å². The number of piperazine rings is 1. The van der Waals surface area contributed by atoms with Gasteiger partial charge in [0.15, 0.2) is 0 Å². The molecule has 2 aliphatic heterocycles. The van der Waals surface area contributed by atoms with E-state index in [1.54, 1.807) is 0 Å². The molecule has 2 aliphatic rings. The van der Waals surface area contributed by atoms with Gasteiger partial charge >= 0.3 is 0 Å². The lowest BCUT2D eigenvalue weighted by Crippen LogP contribution is -2.53. The molecule has 2 fully saturated rings. The summed E-state index contributed by atoms with van der Waals surface area (Å²) in [7, 11) is 0. The Morgan fingerprint density at radius 3 is 2.27 bits per heavy atom. The zero-order valence-electron chi connectivity index (χ0n) is 19.5. The Hall–Kier alpha value is -2.28. The van der Waals surface area contributed by atoms with Gasteiger partial charge < -0.3 is 15.0 Å². The van der Waals surface area contributed by atoms with Crippen LogP contribution in [0.4, 0.5) is 11.4 Å². The van der Waals surface area contributed by atoms with E-state index in [0.717, 1.165) is 57.3 Å². The van der Waals surface area contributed by atoms with E-state index in [1.165, 1.54) is 24.9 Å². The smallest absolute Gasteiger partial charge is 0.241 e. The summed E-state index contributed by atoms with van der Waals surface area (Å²) < 4.78 is 5.81. The van der Waals surface area contributed by atoms with Crippen molar-refractivity contribution in [3.05, 3.63) is 53.6 Å². The predicted octanol–water partition coefficient (Wildman–Crippen LogP) is 4.35. The molecular weight excluding hydrogens is 436 g/mol. The topological polar surface area (TPSA) is 48.1 Å². The Labute approximate surface area is 202 Å². The van der Waals surface area contributed by atoms with Gasteiger partial charge in [0.25, 0.3) is 0 Å². The van der Waals surface area contributed by atoms with E-state index in [-0.39, 0.29) is 11.9 Å².